The normalized spacial score (nSPS) is 19.4. The van der Waals surface area contributed by atoms with Crippen LogP contribution in [0.1, 0.15) is 35.3 Å². The fourth-order valence-corrected chi connectivity index (χ4v) is 3.94. The minimum absolute atomic E-state index is 0.0313. The van der Waals surface area contributed by atoms with Crippen molar-refractivity contribution in [3.05, 3.63) is 34.6 Å². The molecule has 0 saturated carbocycles. The minimum Gasteiger partial charge on any atom is -0.454 e. The number of aromatic nitrogens is 4. The maximum Gasteiger partial charge on any atom is 0.234 e. The molecule has 1 aromatic carbocycles. The summed E-state index contributed by atoms with van der Waals surface area (Å²) in [5.74, 6) is 2.47. The van der Waals surface area contributed by atoms with Crippen molar-refractivity contribution in [2.45, 2.75) is 31.8 Å². The van der Waals surface area contributed by atoms with Crippen LogP contribution in [0.5, 0.6) is 11.5 Å². The molecule has 4 heterocycles. The Morgan fingerprint density at radius 2 is 2.12 bits per heavy atom. The highest BCUT2D eigenvalue weighted by molar-refractivity contribution is 7.16. The summed E-state index contributed by atoms with van der Waals surface area (Å²) in [6.07, 6.45) is 3.85. The second-order valence-electron chi connectivity index (χ2n) is 5.94. The third kappa shape index (κ3) is 2.42. The smallest absolute Gasteiger partial charge is 0.234 e. The summed E-state index contributed by atoms with van der Waals surface area (Å²) in [7, 11) is 0. The van der Waals surface area contributed by atoms with Crippen molar-refractivity contribution < 1.29 is 14.2 Å². The van der Waals surface area contributed by atoms with E-state index in [4.69, 9.17) is 14.2 Å². The first kappa shape index (κ1) is 14.2. The molecule has 0 radical (unpaired) electrons. The van der Waals surface area contributed by atoms with Crippen molar-refractivity contribution in [3.63, 3.8) is 0 Å². The molecule has 124 valence electrons. The van der Waals surface area contributed by atoms with E-state index >= 15 is 0 Å². The van der Waals surface area contributed by atoms with Crippen LogP contribution < -0.4 is 9.47 Å². The van der Waals surface area contributed by atoms with Crippen molar-refractivity contribution in [1.82, 2.24) is 19.8 Å². The second-order valence-corrected chi connectivity index (χ2v) is 6.98. The molecule has 2 aliphatic rings. The van der Waals surface area contributed by atoms with E-state index in [2.05, 4.69) is 21.4 Å². The summed E-state index contributed by atoms with van der Waals surface area (Å²) in [4.78, 5) is 0.834. The lowest BCUT2D eigenvalue weighted by Crippen LogP contribution is -2.04. The van der Waals surface area contributed by atoms with E-state index in [9.17, 15) is 0 Å². The third-order valence-electron chi connectivity index (χ3n) is 4.34. The van der Waals surface area contributed by atoms with E-state index in [1.807, 2.05) is 16.6 Å². The molecule has 24 heavy (non-hydrogen) atoms. The maximum atomic E-state index is 5.70. The van der Waals surface area contributed by atoms with Gasteiger partial charge in [-0.15, -0.1) is 10.2 Å². The molecule has 2 aliphatic heterocycles. The standard InChI is InChI=1S/C16H16N4O3S/c1-2-12(21-7-1)15-17-18-16-20(15)19-14(24-16)6-4-10-3-5-11-13(8-10)23-9-22-11/h3,5,8,12H,1-2,4,6-7,9H2. The molecule has 0 spiro atoms. The van der Waals surface area contributed by atoms with E-state index in [0.717, 1.165) is 59.6 Å². The van der Waals surface area contributed by atoms with Gasteiger partial charge in [0, 0.05) is 13.0 Å². The van der Waals surface area contributed by atoms with Crippen LogP contribution in [0.3, 0.4) is 0 Å². The number of nitrogens with zero attached hydrogens (tertiary/aromatic N) is 4. The largest absolute Gasteiger partial charge is 0.454 e. The van der Waals surface area contributed by atoms with Gasteiger partial charge in [0.15, 0.2) is 17.3 Å². The molecule has 3 aromatic rings. The molecule has 8 heteroatoms. The van der Waals surface area contributed by atoms with Crippen LogP contribution in [0.15, 0.2) is 18.2 Å². The Balaban J connectivity index is 1.34. The number of hydrogen-bond acceptors (Lipinski definition) is 7. The molecule has 1 atom stereocenters. The zero-order valence-electron chi connectivity index (χ0n) is 13.0. The van der Waals surface area contributed by atoms with Gasteiger partial charge in [0.05, 0.1) is 0 Å². The van der Waals surface area contributed by atoms with Gasteiger partial charge in [-0.1, -0.05) is 17.4 Å². The fraction of sp³-hybridized carbons (Fsp3) is 0.438. The van der Waals surface area contributed by atoms with Crippen molar-refractivity contribution in [1.29, 1.82) is 0 Å². The number of aryl methyl sites for hydroxylation is 2. The van der Waals surface area contributed by atoms with Crippen LogP contribution in [-0.4, -0.2) is 33.2 Å². The number of ether oxygens (including phenoxy) is 3. The lowest BCUT2D eigenvalue weighted by Gasteiger charge is -2.04. The fourth-order valence-electron chi connectivity index (χ4n) is 3.10. The predicted molar refractivity (Wildman–Crippen MR) is 86.6 cm³/mol. The molecule has 0 aliphatic carbocycles. The lowest BCUT2D eigenvalue weighted by atomic mass is 10.1. The monoisotopic (exact) mass is 344 g/mol. The second kappa shape index (κ2) is 5.71. The van der Waals surface area contributed by atoms with Gasteiger partial charge in [-0.25, -0.2) is 0 Å². The number of benzene rings is 1. The Kier molecular flexibility index (Phi) is 3.37. The van der Waals surface area contributed by atoms with Gasteiger partial charge >= 0.3 is 0 Å². The highest BCUT2D eigenvalue weighted by Gasteiger charge is 2.25. The van der Waals surface area contributed by atoms with Crippen LogP contribution in [0.4, 0.5) is 0 Å². The molecule has 7 nitrogen and oxygen atoms in total. The summed E-state index contributed by atoms with van der Waals surface area (Å²) in [5, 5.41) is 14.2. The van der Waals surface area contributed by atoms with E-state index in [1.165, 1.54) is 5.56 Å². The molecule has 0 amide bonds. The number of rotatable bonds is 4. The molecule has 1 fully saturated rings. The quantitative estimate of drug-likeness (QED) is 0.724. The third-order valence-corrected chi connectivity index (χ3v) is 5.30. The Morgan fingerprint density at radius 1 is 1.17 bits per heavy atom. The summed E-state index contributed by atoms with van der Waals surface area (Å²) < 4.78 is 18.3. The summed E-state index contributed by atoms with van der Waals surface area (Å²) in [5.41, 5.74) is 1.21. The highest BCUT2D eigenvalue weighted by atomic mass is 32.1. The van der Waals surface area contributed by atoms with Gasteiger partial charge in [-0.2, -0.15) is 9.61 Å². The van der Waals surface area contributed by atoms with Gasteiger partial charge < -0.3 is 14.2 Å². The van der Waals surface area contributed by atoms with Gasteiger partial charge in [0.25, 0.3) is 0 Å². The van der Waals surface area contributed by atoms with Gasteiger partial charge in [-0.3, -0.25) is 0 Å². The predicted octanol–water partition coefficient (Wildman–Crippen LogP) is 2.55. The van der Waals surface area contributed by atoms with Crippen LogP contribution >= 0.6 is 11.3 Å². The summed E-state index contributed by atoms with van der Waals surface area (Å²) in [6.45, 7) is 1.10. The van der Waals surface area contributed by atoms with E-state index in [0.29, 0.717) is 6.79 Å². The summed E-state index contributed by atoms with van der Waals surface area (Å²) in [6, 6.07) is 6.08. The molecule has 1 saturated heterocycles. The molecule has 2 aromatic heterocycles. The first-order chi connectivity index (χ1) is 11.9. The van der Waals surface area contributed by atoms with Crippen molar-refractivity contribution >= 4 is 16.3 Å². The molecule has 1 unspecified atom stereocenters. The zero-order chi connectivity index (χ0) is 15.9. The van der Waals surface area contributed by atoms with Crippen LogP contribution in [-0.2, 0) is 17.6 Å². The van der Waals surface area contributed by atoms with Crippen LogP contribution in [0.2, 0.25) is 0 Å². The Hall–Kier alpha value is -2.19. The highest BCUT2D eigenvalue weighted by Crippen LogP contribution is 2.33. The summed E-state index contributed by atoms with van der Waals surface area (Å²) >= 11 is 1.59. The first-order valence-corrected chi connectivity index (χ1v) is 8.89. The average molecular weight is 344 g/mol. The molecular weight excluding hydrogens is 328 g/mol. The maximum absolute atomic E-state index is 5.70. The van der Waals surface area contributed by atoms with Crippen molar-refractivity contribution in [2.75, 3.05) is 13.4 Å². The van der Waals surface area contributed by atoms with E-state index in [-0.39, 0.29) is 6.10 Å². The molecule has 0 N–H and O–H groups in total. The Bertz CT molecular complexity index is 885. The molecular formula is C16H16N4O3S. The van der Waals surface area contributed by atoms with E-state index in [1.54, 1.807) is 11.3 Å². The van der Waals surface area contributed by atoms with E-state index < -0.39 is 0 Å². The zero-order valence-corrected chi connectivity index (χ0v) is 13.8. The molecule has 0 bridgehead atoms. The number of hydrogen-bond donors (Lipinski definition) is 0. The number of fused-ring (bicyclic) bond motifs is 2. The van der Waals surface area contributed by atoms with Crippen molar-refractivity contribution in [3.8, 4) is 11.5 Å². The van der Waals surface area contributed by atoms with Gasteiger partial charge in [0.1, 0.15) is 11.1 Å². The molecule has 5 rings (SSSR count). The topological polar surface area (TPSA) is 70.8 Å². The lowest BCUT2D eigenvalue weighted by molar-refractivity contribution is 0.103. The SMILES string of the molecule is c1cc2c(cc1CCc1nn3c(C4CCCO4)nnc3s1)OCO2. The Labute approximate surface area is 142 Å². The van der Waals surface area contributed by atoms with Gasteiger partial charge in [0.2, 0.25) is 11.8 Å². The Morgan fingerprint density at radius 3 is 3.04 bits per heavy atom. The van der Waals surface area contributed by atoms with Gasteiger partial charge in [-0.05, 0) is 37.0 Å². The minimum atomic E-state index is 0.0313. The van der Waals surface area contributed by atoms with Crippen LogP contribution in [0.25, 0.3) is 4.96 Å². The van der Waals surface area contributed by atoms with Crippen LogP contribution in [0, 0.1) is 0 Å². The first-order valence-electron chi connectivity index (χ1n) is 8.08. The van der Waals surface area contributed by atoms with Crippen molar-refractivity contribution in [2.24, 2.45) is 0 Å². The average Bonchev–Trinajstić information content (AvgIpc) is 3.34.